The Morgan fingerprint density at radius 3 is 2.06 bits per heavy atom. The highest BCUT2D eigenvalue weighted by molar-refractivity contribution is 6.39. The van der Waals surface area contributed by atoms with Crippen LogP contribution in [0.25, 0.3) is 11.1 Å². The number of hydrogen-bond acceptors (Lipinski definition) is 3. The number of imide groups is 1. The van der Waals surface area contributed by atoms with E-state index < -0.39 is 17.6 Å². The van der Waals surface area contributed by atoms with Crippen LogP contribution in [0.3, 0.4) is 0 Å². The first-order chi connectivity index (χ1) is 14.8. The van der Waals surface area contributed by atoms with Gasteiger partial charge in [-0.1, -0.05) is 41.4 Å². The predicted octanol–water partition coefficient (Wildman–Crippen LogP) is 6.20. The van der Waals surface area contributed by atoms with Gasteiger partial charge in [0.15, 0.2) is 0 Å². The maximum atomic E-state index is 14.6. The number of rotatable bonds is 5. The normalized spacial score (nSPS) is 13.2. The van der Waals surface area contributed by atoms with Gasteiger partial charge in [-0.15, -0.1) is 0 Å². The first-order valence-corrected chi connectivity index (χ1v) is 10.2. The number of carbonyl (C=O) groups is 2. The first-order valence-electron chi connectivity index (χ1n) is 9.44. The van der Waals surface area contributed by atoms with Crippen LogP contribution in [0.15, 0.2) is 54.6 Å². The minimum Gasteiger partial charge on any atom is -0.496 e. The number of hydrogen-bond donors (Lipinski definition) is 0. The van der Waals surface area contributed by atoms with E-state index in [9.17, 15) is 14.0 Å². The molecule has 1 aliphatic heterocycles. The molecular weight excluding hydrogens is 440 g/mol. The van der Waals surface area contributed by atoms with Crippen molar-refractivity contribution in [2.45, 2.75) is 13.3 Å². The van der Waals surface area contributed by atoms with Crippen molar-refractivity contribution in [3.63, 3.8) is 0 Å². The summed E-state index contributed by atoms with van der Waals surface area (Å²) in [4.78, 5) is 26.7. The van der Waals surface area contributed by atoms with Crippen molar-refractivity contribution in [1.29, 1.82) is 0 Å². The number of fused-ring (bicyclic) bond motifs is 1. The van der Waals surface area contributed by atoms with Gasteiger partial charge in [-0.2, -0.15) is 0 Å². The molecule has 0 atom stereocenters. The summed E-state index contributed by atoms with van der Waals surface area (Å²) < 4.78 is 20.2. The lowest BCUT2D eigenvalue weighted by atomic mass is 9.97. The lowest BCUT2D eigenvalue weighted by Gasteiger charge is -2.23. The Morgan fingerprint density at radius 1 is 0.935 bits per heavy atom. The highest BCUT2D eigenvalue weighted by Crippen LogP contribution is 2.43. The molecule has 0 saturated heterocycles. The van der Waals surface area contributed by atoms with Crippen LogP contribution in [0.2, 0.25) is 10.0 Å². The van der Waals surface area contributed by atoms with Crippen molar-refractivity contribution in [3.8, 4) is 16.9 Å². The number of ether oxygens (including phenoxy) is 1. The fraction of sp³-hybridized carbons (Fsp3) is 0.125. The molecule has 0 unspecified atom stereocenters. The molecule has 4 nitrogen and oxygen atoms in total. The van der Waals surface area contributed by atoms with E-state index >= 15 is 0 Å². The van der Waals surface area contributed by atoms with Crippen LogP contribution in [0.4, 0.5) is 4.39 Å². The largest absolute Gasteiger partial charge is 0.496 e. The number of amides is 2. The first kappa shape index (κ1) is 21.3. The molecule has 7 heteroatoms. The quantitative estimate of drug-likeness (QED) is 0.429. The third kappa shape index (κ3) is 3.68. The summed E-state index contributed by atoms with van der Waals surface area (Å²) in [5.74, 6) is -0.949. The average molecular weight is 457 g/mol. The summed E-state index contributed by atoms with van der Waals surface area (Å²) in [7, 11) is 1.46. The monoisotopic (exact) mass is 456 g/mol. The second kappa shape index (κ2) is 8.33. The van der Waals surface area contributed by atoms with Gasteiger partial charge >= 0.3 is 0 Å². The second-order valence-corrected chi connectivity index (χ2v) is 7.96. The van der Waals surface area contributed by atoms with Crippen LogP contribution in [0.5, 0.6) is 5.75 Å². The zero-order valence-electron chi connectivity index (χ0n) is 16.7. The maximum Gasteiger partial charge on any atom is 0.262 e. The van der Waals surface area contributed by atoms with E-state index in [4.69, 9.17) is 27.9 Å². The van der Waals surface area contributed by atoms with E-state index in [0.717, 1.165) is 4.90 Å². The lowest BCUT2D eigenvalue weighted by molar-refractivity contribution is 0.0664. The summed E-state index contributed by atoms with van der Waals surface area (Å²) in [6, 6.07) is 14.7. The van der Waals surface area contributed by atoms with E-state index in [1.807, 2.05) is 0 Å². The molecule has 1 aliphatic rings. The van der Waals surface area contributed by atoms with E-state index in [1.54, 1.807) is 49.4 Å². The summed E-state index contributed by atoms with van der Waals surface area (Å²) in [5, 5.41) is 0.701. The Hall–Kier alpha value is -2.89. The molecule has 1 radical (unpaired) electrons. The number of carbonyl (C=O) groups excluding carboxylic acids is 2. The minimum atomic E-state index is -0.517. The summed E-state index contributed by atoms with van der Waals surface area (Å²) in [6.45, 7) is 1.66. The molecule has 0 spiro atoms. The van der Waals surface area contributed by atoms with E-state index in [2.05, 4.69) is 0 Å². The second-order valence-electron chi connectivity index (χ2n) is 7.15. The van der Waals surface area contributed by atoms with Gasteiger partial charge in [0.05, 0.1) is 34.3 Å². The highest BCUT2D eigenvalue weighted by atomic mass is 35.5. The van der Waals surface area contributed by atoms with Gasteiger partial charge < -0.3 is 4.74 Å². The van der Waals surface area contributed by atoms with Gasteiger partial charge in [-0.25, -0.2) is 4.39 Å². The standard InChI is InChI=1S/C24H17Cl2FNO3/c1-13(28-23(29)16-6-3-4-7-17(16)24(28)30)10-14-11-15(27)12-18(22(14)31-2)21-19(25)8-5-9-20(21)26/h3-9,11-12H,10H2,1-2H3. The molecule has 2 amide bonds. The lowest BCUT2D eigenvalue weighted by Crippen LogP contribution is -2.33. The molecule has 1 heterocycles. The predicted molar refractivity (Wildman–Crippen MR) is 118 cm³/mol. The Bertz CT molecular complexity index is 1160. The van der Waals surface area contributed by atoms with Crippen LogP contribution < -0.4 is 4.74 Å². The number of benzene rings is 3. The highest BCUT2D eigenvalue weighted by Gasteiger charge is 2.39. The zero-order chi connectivity index (χ0) is 22.3. The smallest absolute Gasteiger partial charge is 0.262 e. The summed E-state index contributed by atoms with van der Waals surface area (Å²) >= 11 is 12.7. The molecule has 157 valence electrons. The van der Waals surface area contributed by atoms with Crippen LogP contribution in [0, 0.1) is 11.9 Å². The van der Waals surface area contributed by atoms with Gasteiger partial charge in [0.1, 0.15) is 11.6 Å². The van der Waals surface area contributed by atoms with Gasteiger partial charge in [0.25, 0.3) is 11.8 Å². The Morgan fingerprint density at radius 2 is 1.52 bits per heavy atom. The third-order valence-electron chi connectivity index (χ3n) is 5.19. The molecule has 0 N–H and O–H groups in total. The summed E-state index contributed by atoms with van der Waals surface area (Å²) in [6.07, 6.45) is 0.113. The van der Waals surface area contributed by atoms with Crippen molar-refractivity contribution in [2.24, 2.45) is 0 Å². The molecule has 0 saturated carbocycles. The zero-order valence-corrected chi connectivity index (χ0v) is 18.2. The van der Waals surface area contributed by atoms with Crippen molar-refractivity contribution in [1.82, 2.24) is 4.90 Å². The van der Waals surface area contributed by atoms with Crippen LogP contribution in [-0.4, -0.2) is 23.8 Å². The molecule has 31 heavy (non-hydrogen) atoms. The van der Waals surface area contributed by atoms with Crippen LogP contribution in [0.1, 0.15) is 33.2 Å². The van der Waals surface area contributed by atoms with Crippen molar-refractivity contribution in [3.05, 3.63) is 93.2 Å². The SMILES string of the molecule is COc1c(C[C](C)N2C(=O)c3ccccc3C2=O)cc(F)cc1-c1c(Cl)cccc1Cl. The van der Waals surface area contributed by atoms with Crippen molar-refractivity contribution < 1.29 is 18.7 Å². The molecule has 3 aromatic rings. The minimum absolute atomic E-state index is 0.113. The topological polar surface area (TPSA) is 46.6 Å². The fourth-order valence-corrected chi connectivity index (χ4v) is 4.45. The van der Waals surface area contributed by atoms with Gasteiger partial charge in [0.2, 0.25) is 0 Å². The number of halogens is 3. The van der Waals surface area contributed by atoms with Gasteiger partial charge in [0, 0.05) is 23.1 Å². The van der Waals surface area contributed by atoms with E-state index in [0.29, 0.717) is 49.7 Å². The molecule has 3 aromatic carbocycles. The van der Waals surface area contributed by atoms with Crippen LogP contribution in [-0.2, 0) is 6.42 Å². The Labute approximate surface area is 189 Å². The van der Waals surface area contributed by atoms with E-state index in [1.165, 1.54) is 19.2 Å². The molecule has 0 fully saturated rings. The molecule has 0 aliphatic carbocycles. The van der Waals surface area contributed by atoms with Crippen LogP contribution >= 0.6 is 23.2 Å². The maximum absolute atomic E-state index is 14.6. The van der Waals surface area contributed by atoms with Crippen molar-refractivity contribution in [2.75, 3.05) is 7.11 Å². The molecule has 0 bridgehead atoms. The summed E-state index contributed by atoms with van der Waals surface area (Å²) in [5.41, 5.74) is 2.00. The third-order valence-corrected chi connectivity index (χ3v) is 5.82. The average Bonchev–Trinajstić information content (AvgIpc) is 2.98. The molecular formula is C24H17Cl2FNO3. The fourth-order valence-electron chi connectivity index (χ4n) is 3.85. The number of methoxy groups -OCH3 is 1. The molecule has 4 rings (SSSR count). The Balaban J connectivity index is 1.74. The number of nitrogens with zero attached hydrogens (tertiary/aromatic N) is 1. The van der Waals surface area contributed by atoms with Gasteiger partial charge in [-0.3, -0.25) is 14.5 Å². The van der Waals surface area contributed by atoms with Crippen molar-refractivity contribution >= 4 is 35.0 Å². The van der Waals surface area contributed by atoms with Gasteiger partial charge in [-0.05, 0) is 43.3 Å². The van der Waals surface area contributed by atoms with E-state index in [-0.39, 0.29) is 6.42 Å². The molecule has 0 aromatic heterocycles. The Kier molecular flexibility index (Phi) is 5.73.